The number of anilines is 2. The van der Waals surface area contributed by atoms with Crippen molar-refractivity contribution >= 4 is 17.3 Å². The molecular formula is C26H35N3O3. The van der Waals surface area contributed by atoms with Gasteiger partial charge in [0.1, 0.15) is 11.4 Å². The lowest BCUT2D eigenvalue weighted by atomic mass is 9.78. The summed E-state index contributed by atoms with van der Waals surface area (Å²) in [6.07, 6.45) is 5.52. The first-order chi connectivity index (χ1) is 15.3. The first-order valence-corrected chi connectivity index (χ1v) is 12.1. The van der Waals surface area contributed by atoms with Gasteiger partial charge in [-0.05, 0) is 54.7 Å². The lowest BCUT2D eigenvalue weighted by molar-refractivity contribution is 0.0891. The molecule has 1 saturated heterocycles. The zero-order valence-corrected chi connectivity index (χ0v) is 19.4. The van der Waals surface area contributed by atoms with Crippen molar-refractivity contribution in [2.24, 2.45) is 17.8 Å². The maximum Gasteiger partial charge on any atom is 0.253 e. The number of piperidine rings is 1. The zero-order chi connectivity index (χ0) is 22.8. The molecule has 2 N–H and O–H groups in total. The Morgan fingerprint density at radius 2 is 1.66 bits per heavy atom. The molecule has 2 aromatic rings. The van der Waals surface area contributed by atoms with Crippen LogP contribution in [0.25, 0.3) is 0 Å². The molecule has 3 unspecified atom stereocenters. The van der Waals surface area contributed by atoms with E-state index in [4.69, 9.17) is 0 Å². The van der Waals surface area contributed by atoms with E-state index in [1.54, 1.807) is 0 Å². The Kier molecular flexibility index (Phi) is 6.68. The van der Waals surface area contributed by atoms with Crippen LogP contribution in [0.4, 0.5) is 11.4 Å². The summed E-state index contributed by atoms with van der Waals surface area (Å²) < 4.78 is 0. The monoisotopic (exact) mass is 437 g/mol. The highest BCUT2D eigenvalue weighted by Gasteiger charge is 2.29. The third-order valence-corrected chi connectivity index (χ3v) is 7.69. The Hall–Kier alpha value is -2.63. The minimum absolute atomic E-state index is 0.0282. The molecule has 32 heavy (non-hydrogen) atoms. The van der Waals surface area contributed by atoms with Gasteiger partial charge in [0.05, 0.1) is 0 Å². The number of amides is 1. The quantitative estimate of drug-likeness (QED) is 0.674. The predicted molar refractivity (Wildman–Crippen MR) is 129 cm³/mol. The van der Waals surface area contributed by atoms with Crippen LogP contribution in [-0.2, 0) is 6.54 Å². The van der Waals surface area contributed by atoms with Crippen LogP contribution in [0, 0.1) is 17.8 Å². The molecule has 0 aromatic heterocycles. The highest BCUT2D eigenvalue weighted by molar-refractivity contribution is 5.94. The third kappa shape index (κ3) is 4.59. The summed E-state index contributed by atoms with van der Waals surface area (Å²) in [5.74, 6) is 1.76. The second kappa shape index (κ2) is 9.47. The number of rotatable bonds is 6. The van der Waals surface area contributed by atoms with Gasteiger partial charge in [-0.2, -0.15) is 0 Å². The Bertz CT molecular complexity index is 1010. The molecule has 1 saturated carbocycles. The van der Waals surface area contributed by atoms with Crippen molar-refractivity contribution in [3.8, 4) is 0 Å². The van der Waals surface area contributed by atoms with E-state index < -0.39 is 5.43 Å². The van der Waals surface area contributed by atoms with Gasteiger partial charge in [-0.25, -0.2) is 0 Å². The van der Waals surface area contributed by atoms with E-state index in [2.05, 4.69) is 31.4 Å². The van der Waals surface area contributed by atoms with Crippen molar-refractivity contribution in [2.45, 2.75) is 65.5 Å². The fraction of sp³-hybridized carbons (Fsp3) is 0.577. The number of benzene rings is 1. The molecule has 0 radical (unpaired) electrons. The van der Waals surface area contributed by atoms with Crippen molar-refractivity contribution in [3.05, 3.63) is 55.8 Å². The van der Waals surface area contributed by atoms with Gasteiger partial charge in [0.15, 0.2) is 0 Å². The number of nitrogens with one attached hydrogen (secondary N) is 2. The first-order valence-electron chi connectivity index (χ1n) is 12.1. The Balaban J connectivity index is 1.35. The van der Waals surface area contributed by atoms with Gasteiger partial charge in [-0.1, -0.05) is 45.7 Å². The van der Waals surface area contributed by atoms with E-state index in [-0.39, 0.29) is 17.4 Å². The molecule has 172 valence electrons. The molecule has 1 aliphatic carbocycles. The third-order valence-electron chi connectivity index (χ3n) is 7.69. The van der Waals surface area contributed by atoms with Crippen LogP contribution in [0.2, 0.25) is 0 Å². The Morgan fingerprint density at radius 1 is 0.969 bits per heavy atom. The van der Waals surface area contributed by atoms with Crippen LogP contribution >= 0.6 is 0 Å². The fourth-order valence-corrected chi connectivity index (χ4v) is 5.08. The summed E-state index contributed by atoms with van der Waals surface area (Å²) in [6.45, 7) is 8.80. The van der Waals surface area contributed by atoms with Gasteiger partial charge in [-0.3, -0.25) is 14.4 Å². The van der Waals surface area contributed by atoms with Crippen LogP contribution in [-0.4, -0.2) is 25.0 Å². The molecule has 6 nitrogen and oxygen atoms in total. The van der Waals surface area contributed by atoms with Crippen LogP contribution in [0.5, 0.6) is 0 Å². The SMILES string of the molecule is CC1CCN(c2c(NCc3ccc(C(=O)NC4CCCC(C)C4C)cc3)c(=O)c2=O)CC1. The van der Waals surface area contributed by atoms with Gasteiger partial charge in [0.2, 0.25) is 0 Å². The normalized spacial score (nSPS) is 24.5. The summed E-state index contributed by atoms with van der Waals surface area (Å²) in [5.41, 5.74) is 1.80. The van der Waals surface area contributed by atoms with Gasteiger partial charge < -0.3 is 15.5 Å². The first kappa shape index (κ1) is 22.6. The number of carbonyl (C=O) groups excluding carboxylic acids is 1. The molecule has 2 aromatic carbocycles. The summed E-state index contributed by atoms with van der Waals surface area (Å²) in [6, 6.07) is 7.71. The highest BCUT2D eigenvalue weighted by atomic mass is 16.2. The van der Waals surface area contributed by atoms with E-state index in [1.165, 1.54) is 6.42 Å². The molecule has 0 bridgehead atoms. The summed E-state index contributed by atoms with van der Waals surface area (Å²) >= 11 is 0. The van der Waals surface area contributed by atoms with Gasteiger partial charge in [0.25, 0.3) is 16.8 Å². The maximum absolute atomic E-state index is 12.7. The van der Waals surface area contributed by atoms with Crippen LogP contribution in [0.1, 0.15) is 68.8 Å². The van der Waals surface area contributed by atoms with Crippen LogP contribution in [0.15, 0.2) is 33.9 Å². The molecule has 6 heteroatoms. The number of hydrogen-bond donors (Lipinski definition) is 2. The topological polar surface area (TPSA) is 78.5 Å². The molecule has 2 aliphatic rings. The molecule has 0 spiro atoms. The summed E-state index contributed by atoms with van der Waals surface area (Å²) in [5, 5.41) is 6.38. The molecule has 1 aliphatic heterocycles. The van der Waals surface area contributed by atoms with Crippen molar-refractivity contribution in [2.75, 3.05) is 23.3 Å². The van der Waals surface area contributed by atoms with Crippen LogP contribution in [0.3, 0.4) is 0 Å². The minimum atomic E-state index is -0.426. The summed E-state index contributed by atoms with van der Waals surface area (Å²) in [4.78, 5) is 39.0. The van der Waals surface area contributed by atoms with E-state index >= 15 is 0 Å². The summed E-state index contributed by atoms with van der Waals surface area (Å²) in [7, 11) is 0. The largest absolute Gasteiger partial charge is 0.376 e. The molecular weight excluding hydrogens is 402 g/mol. The average molecular weight is 438 g/mol. The Morgan fingerprint density at radius 3 is 2.34 bits per heavy atom. The smallest absolute Gasteiger partial charge is 0.253 e. The van der Waals surface area contributed by atoms with E-state index in [0.29, 0.717) is 41.2 Å². The number of nitrogens with zero attached hydrogens (tertiary/aromatic N) is 1. The standard InChI is InChI=1S/C26H35N3O3/c1-16-11-13-29(14-12-16)23-22(24(30)25(23)31)27-15-19-7-9-20(10-8-19)26(32)28-21-6-4-5-17(2)18(21)3/h7-10,16-18,21,27H,4-6,11-15H2,1-3H3,(H,28,32). The van der Waals surface area contributed by atoms with Crippen molar-refractivity contribution < 1.29 is 4.79 Å². The van der Waals surface area contributed by atoms with Crippen molar-refractivity contribution in [3.63, 3.8) is 0 Å². The molecule has 3 atom stereocenters. The second-order valence-electron chi connectivity index (χ2n) is 9.95. The minimum Gasteiger partial charge on any atom is -0.376 e. The van der Waals surface area contributed by atoms with E-state index in [9.17, 15) is 14.4 Å². The number of hydrogen-bond acceptors (Lipinski definition) is 5. The molecule has 2 fully saturated rings. The predicted octanol–water partition coefficient (Wildman–Crippen LogP) is 3.69. The zero-order valence-electron chi connectivity index (χ0n) is 19.4. The fourth-order valence-electron chi connectivity index (χ4n) is 5.08. The molecule has 1 amide bonds. The van der Waals surface area contributed by atoms with Crippen molar-refractivity contribution in [1.29, 1.82) is 0 Å². The van der Waals surface area contributed by atoms with E-state index in [0.717, 1.165) is 44.3 Å². The Labute approximate surface area is 190 Å². The highest BCUT2D eigenvalue weighted by Crippen LogP contribution is 2.30. The maximum atomic E-state index is 12.7. The van der Waals surface area contributed by atoms with Gasteiger partial charge in [0, 0.05) is 31.2 Å². The van der Waals surface area contributed by atoms with Crippen LogP contribution < -0.4 is 26.4 Å². The average Bonchev–Trinajstić information content (AvgIpc) is 2.80. The second-order valence-corrected chi connectivity index (χ2v) is 9.95. The van der Waals surface area contributed by atoms with Gasteiger partial charge >= 0.3 is 0 Å². The van der Waals surface area contributed by atoms with E-state index in [1.807, 2.05) is 29.2 Å². The van der Waals surface area contributed by atoms with Gasteiger partial charge in [-0.15, -0.1) is 0 Å². The lowest BCUT2D eigenvalue weighted by Crippen LogP contribution is -2.45. The molecule has 4 rings (SSSR count). The lowest BCUT2D eigenvalue weighted by Gasteiger charge is -2.34. The number of carbonyl (C=O) groups is 1. The van der Waals surface area contributed by atoms with Crippen molar-refractivity contribution in [1.82, 2.24) is 5.32 Å². The molecule has 1 heterocycles.